The van der Waals surface area contributed by atoms with Crippen molar-refractivity contribution in [2.75, 3.05) is 13.7 Å². The number of fused-ring (bicyclic) bond motifs is 3. The summed E-state index contributed by atoms with van der Waals surface area (Å²) in [5.41, 5.74) is 4.29. The van der Waals surface area contributed by atoms with E-state index in [0.29, 0.717) is 41.7 Å². The summed E-state index contributed by atoms with van der Waals surface area (Å²) in [7, 11) is 1.55. The van der Waals surface area contributed by atoms with Gasteiger partial charge in [-0.2, -0.15) is 0 Å². The molecule has 2 heterocycles. The molecule has 0 bridgehead atoms. The Bertz CT molecular complexity index is 1700. The fourth-order valence-corrected chi connectivity index (χ4v) is 4.80. The van der Waals surface area contributed by atoms with Crippen molar-refractivity contribution in [2.45, 2.75) is 26.4 Å². The molecule has 0 radical (unpaired) electrons. The fraction of sp³-hybridized carbons (Fsp3) is 0.182. The molecule has 0 fully saturated rings. The number of aromatic nitrogens is 3. The van der Waals surface area contributed by atoms with Gasteiger partial charge >= 0.3 is 5.97 Å². The van der Waals surface area contributed by atoms with E-state index in [1.165, 1.54) is 0 Å². The summed E-state index contributed by atoms with van der Waals surface area (Å²) >= 11 is 0. The molecule has 5 aromatic rings. The first kappa shape index (κ1) is 26.1. The van der Waals surface area contributed by atoms with Crippen LogP contribution in [0.5, 0.6) is 23.0 Å². The van der Waals surface area contributed by atoms with Crippen LogP contribution in [-0.2, 0) is 11.2 Å². The Morgan fingerprint density at radius 2 is 1.78 bits per heavy atom. The maximum atomic E-state index is 12.2. The van der Waals surface area contributed by atoms with Gasteiger partial charge < -0.3 is 18.9 Å². The van der Waals surface area contributed by atoms with Crippen LogP contribution < -0.4 is 14.2 Å². The number of esters is 1. The quantitative estimate of drug-likeness (QED) is 0.205. The Morgan fingerprint density at radius 3 is 2.54 bits per heavy atom. The zero-order chi connectivity index (χ0) is 28.3. The normalized spacial score (nSPS) is 13.8. The van der Waals surface area contributed by atoms with E-state index in [2.05, 4.69) is 18.2 Å². The van der Waals surface area contributed by atoms with Gasteiger partial charge in [-0.15, -0.1) is 5.10 Å². The molecular weight excluding hydrogens is 518 g/mol. The number of rotatable bonds is 7. The summed E-state index contributed by atoms with van der Waals surface area (Å²) in [6.45, 7) is 4.11. The van der Waals surface area contributed by atoms with Crippen LogP contribution in [0.1, 0.15) is 40.3 Å². The second-order valence-electron chi connectivity index (χ2n) is 9.67. The van der Waals surface area contributed by atoms with Crippen molar-refractivity contribution in [3.8, 4) is 40.1 Å². The highest BCUT2D eigenvalue weighted by molar-refractivity contribution is 5.90. The molecule has 206 valence electrons. The topological polar surface area (TPSA) is 84.7 Å². The molecular formula is C33H29N3O5. The molecule has 0 saturated carbocycles. The van der Waals surface area contributed by atoms with Crippen molar-refractivity contribution in [1.82, 2.24) is 14.8 Å². The largest absolute Gasteiger partial charge is 0.493 e. The molecule has 1 aliphatic heterocycles. The first-order valence-corrected chi connectivity index (χ1v) is 13.4. The Kier molecular flexibility index (Phi) is 7.12. The zero-order valence-electron chi connectivity index (χ0n) is 23.0. The highest BCUT2D eigenvalue weighted by Crippen LogP contribution is 2.37. The van der Waals surface area contributed by atoms with Gasteiger partial charge in [0.1, 0.15) is 29.1 Å². The standard InChI is InChI=1S/C33H29N3O5/c1-4-39-33(37)24-13-17-28(38-3)30(19-24)40-25-14-11-23(12-15-25)32-34-31-20-29(22-8-6-5-7-9-22)41-27-16-10-21(2)18-26(27)36(31)35-32/h5-19,29H,4,20H2,1-3H3. The number of methoxy groups -OCH3 is 1. The van der Waals surface area contributed by atoms with Gasteiger partial charge in [-0.1, -0.05) is 36.4 Å². The third kappa shape index (κ3) is 5.36. The summed E-state index contributed by atoms with van der Waals surface area (Å²) < 4.78 is 25.0. The molecule has 1 atom stereocenters. The van der Waals surface area contributed by atoms with Gasteiger partial charge in [0.2, 0.25) is 0 Å². The Hall–Kier alpha value is -5.11. The molecule has 6 rings (SSSR count). The number of nitrogens with zero attached hydrogens (tertiary/aromatic N) is 3. The summed E-state index contributed by atoms with van der Waals surface area (Å²) in [4.78, 5) is 17.1. The molecule has 4 aromatic carbocycles. The SMILES string of the molecule is CCOC(=O)c1ccc(OC)c(Oc2ccc(-c3nc4n(n3)-c3cc(C)ccc3OC(c3ccccc3)C4)cc2)c1. The van der Waals surface area contributed by atoms with Crippen molar-refractivity contribution < 1.29 is 23.7 Å². The first-order chi connectivity index (χ1) is 20.0. The van der Waals surface area contributed by atoms with Crippen LogP contribution in [0.15, 0.2) is 91.0 Å². The number of hydrogen-bond acceptors (Lipinski definition) is 7. The van der Waals surface area contributed by atoms with E-state index in [9.17, 15) is 4.79 Å². The lowest BCUT2D eigenvalue weighted by Crippen LogP contribution is -2.10. The van der Waals surface area contributed by atoms with Gasteiger partial charge in [0, 0.05) is 12.0 Å². The van der Waals surface area contributed by atoms with Crippen molar-refractivity contribution in [2.24, 2.45) is 0 Å². The van der Waals surface area contributed by atoms with Crippen molar-refractivity contribution in [3.63, 3.8) is 0 Å². The second-order valence-corrected chi connectivity index (χ2v) is 9.67. The molecule has 1 unspecified atom stereocenters. The van der Waals surface area contributed by atoms with Crippen LogP contribution >= 0.6 is 0 Å². The molecule has 1 aromatic heterocycles. The average Bonchev–Trinajstić information content (AvgIpc) is 3.35. The second kappa shape index (κ2) is 11.2. The lowest BCUT2D eigenvalue weighted by molar-refractivity contribution is 0.0526. The number of carbonyl (C=O) groups excluding carboxylic acids is 1. The van der Waals surface area contributed by atoms with Crippen LogP contribution in [0, 0.1) is 6.92 Å². The number of benzene rings is 4. The van der Waals surface area contributed by atoms with Gasteiger partial charge in [-0.25, -0.2) is 14.5 Å². The van der Waals surface area contributed by atoms with Crippen LogP contribution in [0.4, 0.5) is 0 Å². The predicted octanol–water partition coefficient (Wildman–Crippen LogP) is 6.90. The molecule has 8 heteroatoms. The van der Waals surface area contributed by atoms with Crippen molar-refractivity contribution >= 4 is 5.97 Å². The smallest absolute Gasteiger partial charge is 0.338 e. The maximum absolute atomic E-state index is 12.2. The van der Waals surface area contributed by atoms with E-state index in [0.717, 1.165) is 34.0 Å². The van der Waals surface area contributed by atoms with Crippen LogP contribution in [0.2, 0.25) is 0 Å². The van der Waals surface area contributed by atoms with E-state index in [4.69, 9.17) is 29.0 Å². The minimum Gasteiger partial charge on any atom is -0.493 e. The van der Waals surface area contributed by atoms with Crippen molar-refractivity contribution in [1.29, 1.82) is 0 Å². The fourth-order valence-electron chi connectivity index (χ4n) is 4.80. The molecule has 0 spiro atoms. The summed E-state index contributed by atoms with van der Waals surface area (Å²) in [6, 6.07) is 28.7. The maximum Gasteiger partial charge on any atom is 0.338 e. The molecule has 0 saturated heterocycles. The predicted molar refractivity (Wildman–Crippen MR) is 154 cm³/mol. The van der Waals surface area contributed by atoms with Crippen LogP contribution in [-0.4, -0.2) is 34.5 Å². The number of ether oxygens (including phenoxy) is 4. The summed E-state index contributed by atoms with van der Waals surface area (Å²) in [6.07, 6.45) is 0.384. The van der Waals surface area contributed by atoms with Gasteiger partial charge in [-0.05, 0) is 79.6 Å². The number of hydrogen-bond donors (Lipinski definition) is 0. The van der Waals surface area contributed by atoms with E-state index in [1.807, 2.05) is 66.2 Å². The number of carbonyl (C=O) groups is 1. The highest BCUT2D eigenvalue weighted by Gasteiger charge is 2.27. The minimum absolute atomic E-state index is 0.188. The Labute approximate surface area is 238 Å². The molecule has 0 amide bonds. The molecule has 0 N–H and O–H groups in total. The van der Waals surface area contributed by atoms with Crippen LogP contribution in [0.3, 0.4) is 0 Å². The van der Waals surface area contributed by atoms with Gasteiger partial charge in [0.05, 0.1) is 19.3 Å². The van der Waals surface area contributed by atoms with E-state index >= 15 is 0 Å². The van der Waals surface area contributed by atoms with E-state index in [1.54, 1.807) is 32.2 Å². The van der Waals surface area contributed by atoms with Crippen LogP contribution in [0.25, 0.3) is 17.1 Å². The lowest BCUT2D eigenvalue weighted by Gasteiger charge is -2.17. The minimum atomic E-state index is -0.419. The van der Waals surface area contributed by atoms with Gasteiger partial charge in [-0.3, -0.25) is 0 Å². The molecule has 8 nitrogen and oxygen atoms in total. The number of aryl methyl sites for hydroxylation is 1. The first-order valence-electron chi connectivity index (χ1n) is 13.4. The Balaban J connectivity index is 1.30. The molecule has 0 aliphatic carbocycles. The van der Waals surface area contributed by atoms with Gasteiger partial charge in [0.25, 0.3) is 0 Å². The molecule has 41 heavy (non-hydrogen) atoms. The lowest BCUT2D eigenvalue weighted by atomic mass is 10.1. The summed E-state index contributed by atoms with van der Waals surface area (Å²) in [5.74, 6) is 3.27. The third-order valence-corrected chi connectivity index (χ3v) is 6.84. The molecule has 1 aliphatic rings. The Morgan fingerprint density at radius 1 is 0.976 bits per heavy atom. The zero-order valence-corrected chi connectivity index (χ0v) is 23.0. The van der Waals surface area contributed by atoms with E-state index < -0.39 is 5.97 Å². The van der Waals surface area contributed by atoms with Crippen molar-refractivity contribution in [3.05, 3.63) is 114 Å². The monoisotopic (exact) mass is 547 g/mol. The van der Waals surface area contributed by atoms with E-state index in [-0.39, 0.29) is 6.10 Å². The van der Waals surface area contributed by atoms with Gasteiger partial charge in [0.15, 0.2) is 17.3 Å². The summed E-state index contributed by atoms with van der Waals surface area (Å²) in [5, 5.41) is 4.89. The third-order valence-electron chi connectivity index (χ3n) is 6.84. The average molecular weight is 548 g/mol. The highest BCUT2D eigenvalue weighted by atomic mass is 16.5.